The van der Waals surface area contributed by atoms with Gasteiger partial charge in [0.1, 0.15) is 5.69 Å². The molecule has 3 heterocycles. The second kappa shape index (κ2) is 6.47. The summed E-state index contributed by atoms with van der Waals surface area (Å²) in [6, 6.07) is 9.33. The van der Waals surface area contributed by atoms with Crippen LogP contribution in [0.1, 0.15) is 34.9 Å². The number of hydrogen-bond acceptors (Lipinski definition) is 4. The quantitative estimate of drug-likeness (QED) is 0.739. The van der Waals surface area contributed by atoms with Crippen molar-refractivity contribution in [1.82, 2.24) is 24.4 Å². The Balaban J connectivity index is 1.72. The molecule has 1 aromatic carbocycles. The number of carbonyl (C=O) groups is 1. The van der Waals surface area contributed by atoms with E-state index in [0.717, 1.165) is 36.6 Å². The average Bonchev–Trinajstić information content (AvgIpc) is 3.31. The molecule has 0 saturated carbocycles. The zero-order chi connectivity index (χ0) is 17.2. The minimum atomic E-state index is -0.0758. The highest BCUT2D eigenvalue weighted by atomic mass is 16.2. The van der Waals surface area contributed by atoms with Gasteiger partial charge in [-0.05, 0) is 25.0 Å². The van der Waals surface area contributed by atoms with E-state index in [1.807, 2.05) is 53.0 Å². The summed E-state index contributed by atoms with van der Waals surface area (Å²) in [6.45, 7) is 0.731. The molecule has 2 aromatic heterocycles. The van der Waals surface area contributed by atoms with Gasteiger partial charge in [-0.25, -0.2) is 9.97 Å². The molecule has 25 heavy (non-hydrogen) atoms. The van der Waals surface area contributed by atoms with E-state index in [9.17, 15) is 4.79 Å². The summed E-state index contributed by atoms with van der Waals surface area (Å²) in [5.74, 6) is 0.807. The predicted molar refractivity (Wildman–Crippen MR) is 93.7 cm³/mol. The number of benzene rings is 1. The Morgan fingerprint density at radius 3 is 2.64 bits per heavy atom. The summed E-state index contributed by atoms with van der Waals surface area (Å²) in [6.07, 6.45) is 8.83. The summed E-state index contributed by atoms with van der Waals surface area (Å²) >= 11 is 0. The minimum absolute atomic E-state index is 0.0412. The number of rotatable bonds is 3. The summed E-state index contributed by atoms with van der Waals surface area (Å²) in [5, 5.41) is 0. The number of carbonyl (C=O) groups excluding carboxylic acids is 1. The lowest BCUT2D eigenvalue weighted by atomic mass is 10.1. The molecule has 0 bridgehead atoms. The molecule has 1 fully saturated rings. The minimum Gasteiger partial charge on any atom is -0.333 e. The van der Waals surface area contributed by atoms with Crippen molar-refractivity contribution in [2.75, 3.05) is 6.54 Å². The number of nitrogens with zero attached hydrogens (tertiary/aromatic N) is 5. The zero-order valence-electron chi connectivity index (χ0n) is 14.0. The van der Waals surface area contributed by atoms with Crippen LogP contribution in [0.3, 0.4) is 0 Å². The number of aromatic nitrogens is 4. The first-order valence-electron chi connectivity index (χ1n) is 8.40. The first-order valence-corrected chi connectivity index (χ1v) is 8.40. The molecule has 1 aliphatic heterocycles. The van der Waals surface area contributed by atoms with Crippen LogP contribution in [0.15, 0.2) is 55.1 Å². The molecule has 1 saturated heterocycles. The van der Waals surface area contributed by atoms with Crippen molar-refractivity contribution in [3.63, 3.8) is 0 Å². The monoisotopic (exact) mass is 333 g/mol. The Bertz CT molecular complexity index is 890. The fraction of sp³-hybridized carbons (Fsp3) is 0.263. The Kier molecular flexibility index (Phi) is 4.01. The standard InChI is InChI=1S/C19H19N5O/c1-23-13-11-22-18(23)17-16(20-9-10-21-17)15-8-5-12-24(15)19(25)14-6-3-2-4-7-14/h2-4,6-7,9-11,13,15H,5,8,12H2,1H3/t15-/m0/s1. The van der Waals surface area contributed by atoms with Gasteiger partial charge >= 0.3 is 0 Å². The van der Waals surface area contributed by atoms with Crippen molar-refractivity contribution < 1.29 is 4.79 Å². The molecular formula is C19H19N5O. The van der Waals surface area contributed by atoms with Crippen molar-refractivity contribution >= 4 is 5.91 Å². The van der Waals surface area contributed by atoms with Crippen LogP contribution in [0.2, 0.25) is 0 Å². The van der Waals surface area contributed by atoms with E-state index in [2.05, 4.69) is 15.0 Å². The van der Waals surface area contributed by atoms with Gasteiger partial charge in [-0.2, -0.15) is 0 Å². The van der Waals surface area contributed by atoms with Crippen molar-refractivity contribution in [2.45, 2.75) is 18.9 Å². The van der Waals surface area contributed by atoms with Crippen LogP contribution in [-0.4, -0.2) is 36.9 Å². The van der Waals surface area contributed by atoms with Crippen LogP contribution < -0.4 is 0 Å². The third kappa shape index (κ3) is 2.80. The van der Waals surface area contributed by atoms with E-state index < -0.39 is 0 Å². The average molecular weight is 333 g/mol. The highest BCUT2D eigenvalue weighted by molar-refractivity contribution is 5.94. The van der Waals surface area contributed by atoms with Gasteiger partial charge in [0.05, 0.1) is 11.7 Å². The molecule has 0 N–H and O–H groups in total. The van der Waals surface area contributed by atoms with Crippen LogP contribution in [0.25, 0.3) is 11.5 Å². The number of aryl methyl sites for hydroxylation is 1. The van der Waals surface area contributed by atoms with Gasteiger partial charge in [0.15, 0.2) is 5.82 Å². The zero-order valence-corrected chi connectivity index (χ0v) is 14.0. The maximum absolute atomic E-state index is 13.0. The largest absolute Gasteiger partial charge is 0.333 e. The molecular weight excluding hydrogens is 314 g/mol. The fourth-order valence-electron chi connectivity index (χ4n) is 3.40. The predicted octanol–water partition coefficient (Wildman–Crippen LogP) is 2.85. The first-order chi connectivity index (χ1) is 12.3. The maximum atomic E-state index is 13.0. The molecule has 6 heteroatoms. The normalized spacial score (nSPS) is 17.0. The lowest BCUT2D eigenvalue weighted by Gasteiger charge is -2.25. The summed E-state index contributed by atoms with van der Waals surface area (Å²) in [5.41, 5.74) is 2.27. The molecule has 0 spiro atoms. The molecule has 0 aliphatic carbocycles. The molecule has 6 nitrogen and oxygen atoms in total. The van der Waals surface area contributed by atoms with E-state index in [1.165, 1.54) is 0 Å². The lowest BCUT2D eigenvalue weighted by molar-refractivity contribution is 0.0733. The first kappa shape index (κ1) is 15.5. The Labute approximate surface area is 146 Å². The van der Waals surface area contributed by atoms with Crippen LogP contribution in [0.4, 0.5) is 0 Å². The molecule has 4 rings (SSSR count). The van der Waals surface area contributed by atoms with Crippen molar-refractivity contribution in [2.24, 2.45) is 7.05 Å². The van der Waals surface area contributed by atoms with E-state index in [4.69, 9.17) is 0 Å². The lowest BCUT2D eigenvalue weighted by Crippen LogP contribution is -2.31. The Hall–Kier alpha value is -3.02. The SMILES string of the molecule is Cn1ccnc1-c1nccnc1[C@@H]1CCCN1C(=O)c1ccccc1. The second-order valence-electron chi connectivity index (χ2n) is 6.17. The van der Waals surface area contributed by atoms with Crippen LogP contribution in [-0.2, 0) is 7.05 Å². The van der Waals surface area contributed by atoms with Gasteiger partial charge < -0.3 is 9.47 Å². The van der Waals surface area contributed by atoms with Gasteiger partial charge in [-0.15, -0.1) is 0 Å². The van der Waals surface area contributed by atoms with Gasteiger partial charge in [-0.3, -0.25) is 9.78 Å². The highest BCUT2D eigenvalue weighted by Crippen LogP contribution is 2.35. The van der Waals surface area contributed by atoms with Crippen molar-refractivity contribution in [1.29, 1.82) is 0 Å². The van der Waals surface area contributed by atoms with E-state index in [1.54, 1.807) is 18.6 Å². The topological polar surface area (TPSA) is 63.9 Å². The van der Waals surface area contributed by atoms with E-state index >= 15 is 0 Å². The van der Waals surface area contributed by atoms with Gasteiger partial charge in [0.25, 0.3) is 5.91 Å². The van der Waals surface area contributed by atoms with E-state index in [-0.39, 0.29) is 11.9 Å². The summed E-state index contributed by atoms with van der Waals surface area (Å²) < 4.78 is 1.92. The van der Waals surface area contributed by atoms with Gasteiger partial charge in [0, 0.05) is 43.9 Å². The van der Waals surface area contributed by atoms with Crippen molar-refractivity contribution in [3.8, 4) is 11.5 Å². The second-order valence-corrected chi connectivity index (χ2v) is 6.17. The molecule has 1 atom stereocenters. The third-order valence-electron chi connectivity index (χ3n) is 4.61. The maximum Gasteiger partial charge on any atom is 0.254 e. The van der Waals surface area contributed by atoms with Crippen LogP contribution >= 0.6 is 0 Å². The van der Waals surface area contributed by atoms with Gasteiger partial charge in [-0.1, -0.05) is 18.2 Å². The number of likely N-dealkylation sites (tertiary alicyclic amines) is 1. The van der Waals surface area contributed by atoms with Gasteiger partial charge in [0.2, 0.25) is 0 Å². The molecule has 3 aromatic rings. The van der Waals surface area contributed by atoms with Crippen LogP contribution in [0, 0.1) is 0 Å². The molecule has 0 radical (unpaired) electrons. The number of amides is 1. The highest BCUT2D eigenvalue weighted by Gasteiger charge is 2.34. The molecule has 1 amide bonds. The van der Waals surface area contributed by atoms with Crippen molar-refractivity contribution in [3.05, 3.63) is 66.4 Å². The molecule has 126 valence electrons. The smallest absolute Gasteiger partial charge is 0.254 e. The summed E-state index contributed by atoms with van der Waals surface area (Å²) in [7, 11) is 1.93. The molecule has 1 aliphatic rings. The fourth-order valence-corrected chi connectivity index (χ4v) is 3.40. The number of imidazole rings is 1. The Morgan fingerprint density at radius 2 is 1.88 bits per heavy atom. The summed E-state index contributed by atoms with van der Waals surface area (Å²) in [4.78, 5) is 28.3. The number of hydrogen-bond donors (Lipinski definition) is 0. The van der Waals surface area contributed by atoms with E-state index in [0.29, 0.717) is 5.56 Å². The Morgan fingerprint density at radius 1 is 1.08 bits per heavy atom. The van der Waals surface area contributed by atoms with Crippen LogP contribution in [0.5, 0.6) is 0 Å². The third-order valence-corrected chi connectivity index (χ3v) is 4.61. The molecule has 0 unspecified atom stereocenters.